The quantitative estimate of drug-likeness (QED) is 0.861. The van der Waals surface area contributed by atoms with Crippen LogP contribution in [0.25, 0.3) is 10.8 Å². The third kappa shape index (κ3) is 1.56. The minimum atomic E-state index is -0.463. The number of nitrogens with one attached hydrogen (secondary N) is 1. The molecule has 5 nitrogen and oxygen atoms in total. The molecule has 22 heavy (non-hydrogen) atoms. The topological polar surface area (TPSA) is 66.5 Å². The van der Waals surface area contributed by atoms with E-state index in [1.54, 1.807) is 19.1 Å². The summed E-state index contributed by atoms with van der Waals surface area (Å²) in [4.78, 5) is 36.8. The lowest BCUT2D eigenvalue weighted by molar-refractivity contribution is -0.123. The number of amides is 3. The van der Waals surface area contributed by atoms with Gasteiger partial charge in [0.05, 0.1) is 11.1 Å². The molecule has 0 spiro atoms. The zero-order chi connectivity index (χ0) is 15.4. The first kappa shape index (κ1) is 13.0. The lowest BCUT2D eigenvalue weighted by atomic mass is 9.92. The number of nitrogens with zero attached hydrogens (tertiary/aromatic N) is 1. The van der Waals surface area contributed by atoms with Gasteiger partial charge in [-0.2, -0.15) is 5.01 Å². The number of carbonyl (C=O) groups excluding carboxylic acids is 3. The lowest BCUT2D eigenvalue weighted by Crippen LogP contribution is -2.51. The van der Waals surface area contributed by atoms with E-state index in [9.17, 15) is 14.4 Å². The summed E-state index contributed by atoms with van der Waals surface area (Å²) >= 11 is 0. The Morgan fingerprint density at radius 3 is 2.05 bits per heavy atom. The average molecular weight is 294 g/mol. The number of hydrogen-bond donors (Lipinski definition) is 1. The Kier molecular flexibility index (Phi) is 2.60. The second kappa shape index (κ2) is 4.40. The van der Waals surface area contributed by atoms with E-state index >= 15 is 0 Å². The predicted octanol–water partition coefficient (Wildman–Crippen LogP) is 1.98. The van der Waals surface area contributed by atoms with Gasteiger partial charge in [-0.25, -0.2) is 0 Å². The number of hydrazine groups is 1. The summed E-state index contributed by atoms with van der Waals surface area (Å²) in [6.07, 6.45) is 2.08. The summed E-state index contributed by atoms with van der Waals surface area (Å²) in [7, 11) is 0. The minimum absolute atomic E-state index is 0.206. The maximum atomic E-state index is 12.6. The predicted molar refractivity (Wildman–Crippen MR) is 80.3 cm³/mol. The maximum Gasteiger partial charge on any atom is 0.280 e. The summed E-state index contributed by atoms with van der Waals surface area (Å²) in [5, 5.41) is 2.61. The van der Waals surface area contributed by atoms with Gasteiger partial charge in [0.15, 0.2) is 0 Å². The molecule has 0 fully saturated rings. The zero-order valence-corrected chi connectivity index (χ0v) is 12.1. The van der Waals surface area contributed by atoms with Crippen LogP contribution in [0.1, 0.15) is 45.2 Å². The fraction of sp³-hybridized carbons (Fsp3) is 0.235. The fourth-order valence-electron chi connectivity index (χ4n) is 3.32. The highest BCUT2D eigenvalue weighted by molar-refractivity contribution is 6.26. The Labute approximate surface area is 126 Å². The molecule has 1 heterocycles. The van der Waals surface area contributed by atoms with E-state index in [1.165, 1.54) is 11.1 Å². The highest BCUT2D eigenvalue weighted by Crippen LogP contribution is 2.37. The normalized spacial score (nSPS) is 15.6. The van der Waals surface area contributed by atoms with Crippen molar-refractivity contribution in [3.8, 4) is 0 Å². The van der Waals surface area contributed by atoms with E-state index in [0.29, 0.717) is 11.1 Å². The monoisotopic (exact) mass is 294 g/mol. The molecule has 1 aliphatic carbocycles. The lowest BCUT2D eigenvalue weighted by Gasteiger charge is -2.27. The van der Waals surface area contributed by atoms with Crippen LogP contribution < -0.4 is 5.43 Å². The van der Waals surface area contributed by atoms with Gasteiger partial charge in [-0.05, 0) is 41.5 Å². The van der Waals surface area contributed by atoms with Crippen molar-refractivity contribution in [2.24, 2.45) is 0 Å². The summed E-state index contributed by atoms with van der Waals surface area (Å²) < 4.78 is 0. The van der Waals surface area contributed by atoms with Gasteiger partial charge in [0.2, 0.25) is 5.91 Å². The molecule has 2 aromatic rings. The van der Waals surface area contributed by atoms with E-state index in [-0.39, 0.29) is 12.3 Å². The molecule has 1 N–H and O–H groups in total. The van der Waals surface area contributed by atoms with Crippen molar-refractivity contribution in [2.45, 2.75) is 26.2 Å². The molecule has 0 bridgehead atoms. The van der Waals surface area contributed by atoms with E-state index in [1.807, 2.05) is 12.1 Å². The Balaban J connectivity index is 1.95. The number of rotatable bonds is 2. The van der Waals surface area contributed by atoms with Crippen LogP contribution in [0.4, 0.5) is 0 Å². The van der Waals surface area contributed by atoms with E-state index in [2.05, 4.69) is 5.43 Å². The van der Waals surface area contributed by atoms with Crippen molar-refractivity contribution in [3.05, 3.63) is 46.5 Å². The molecule has 2 aromatic carbocycles. The summed E-state index contributed by atoms with van der Waals surface area (Å²) in [5.74, 6) is -1.29. The van der Waals surface area contributed by atoms with Crippen molar-refractivity contribution in [2.75, 3.05) is 0 Å². The molecule has 1 aliphatic heterocycles. The molecular weight excluding hydrogens is 280 g/mol. The SMILES string of the molecule is CCC(=O)NN1C(=O)c2ccc3c4c(ccc(c24)C1=O)CC3. The molecule has 4 rings (SSSR count). The molecular formula is C17H14N2O3. The highest BCUT2D eigenvalue weighted by atomic mass is 16.2. The Hall–Kier alpha value is -2.69. The first-order valence-corrected chi connectivity index (χ1v) is 7.37. The van der Waals surface area contributed by atoms with Gasteiger partial charge < -0.3 is 0 Å². The number of carbonyl (C=O) groups is 3. The van der Waals surface area contributed by atoms with Gasteiger partial charge in [0.25, 0.3) is 11.8 Å². The van der Waals surface area contributed by atoms with Crippen LogP contribution in [0, 0.1) is 0 Å². The third-order valence-electron chi connectivity index (χ3n) is 4.42. The van der Waals surface area contributed by atoms with Crippen LogP contribution >= 0.6 is 0 Å². The number of aryl methyl sites for hydroxylation is 2. The van der Waals surface area contributed by atoms with Crippen molar-refractivity contribution in [3.63, 3.8) is 0 Å². The number of hydrogen-bond acceptors (Lipinski definition) is 3. The maximum absolute atomic E-state index is 12.6. The molecule has 0 saturated carbocycles. The van der Waals surface area contributed by atoms with Crippen LogP contribution in [-0.2, 0) is 17.6 Å². The summed E-state index contributed by atoms with van der Waals surface area (Å²) in [5.41, 5.74) is 5.72. The molecule has 0 aromatic heterocycles. The van der Waals surface area contributed by atoms with E-state index < -0.39 is 11.8 Å². The second-order valence-electron chi connectivity index (χ2n) is 5.63. The van der Waals surface area contributed by atoms with Gasteiger partial charge in [0.1, 0.15) is 0 Å². The molecule has 0 unspecified atom stereocenters. The summed E-state index contributed by atoms with van der Waals surface area (Å²) in [6, 6.07) is 7.42. The summed E-state index contributed by atoms with van der Waals surface area (Å²) in [6.45, 7) is 1.67. The van der Waals surface area contributed by atoms with E-state index in [4.69, 9.17) is 0 Å². The van der Waals surface area contributed by atoms with Crippen molar-refractivity contribution >= 4 is 28.5 Å². The first-order valence-electron chi connectivity index (χ1n) is 7.37. The van der Waals surface area contributed by atoms with Crippen molar-refractivity contribution < 1.29 is 14.4 Å². The largest absolute Gasteiger partial charge is 0.280 e. The standard InChI is InChI=1S/C17H14N2O3/c1-2-13(20)18-19-16(21)11-7-5-9-3-4-10-6-8-12(17(19)22)15(11)14(9)10/h5-8H,2-4H2,1H3,(H,18,20). The molecule has 110 valence electrons. The molecule has 0 atom stereocenters. The van der Waals surface area contributed by atoms with Crippen LogP contribution in [0.3, 0.4) is 0 Å². The van der Waals surface area contributed by atoms with Gasteiger partial charge in [0, 0.05) is 11.8 Å². The van der Waals surface area contributed by atoms with Crippen molar-refractivity contribution in [1.82, 2.24) is 10.4 Å². The minimum Gasteiger partial charge on any atom is -0.273 e. The second-order valence-corrected chi connectivity index (χ2v) is 5.63. The molecule has 3 amide bonds. The van der Waals surface area contributed by atoms with Crippen LogP contribution in [-0.4, -0.2) is 22.7 Å². The van der Waals surface area contributed by atoms with Crippen LogP contribution in [0.5, 0.6) is 0 Å². The zero-order valence-electron chi connectivity index (χ0n) is 12.1. The Morgan fingerprint density at radius 2 is 1.55 bits per heavy atom. The fourth-order valence-corrected chi connectivity index (χ4v) is 3.32. The van der Waals surface area contributed by atoms with Crippen LogP contribution in [0.15, 0.2) is 24.3 Å². The molecule has 2 aliphatic rings. The average Bonchev–Trinajstić information content (AvgIpc) is 2.96. The van der Waals surface area contributed by atoms with Gasteiger partial charge in [-0.15, -0.1) is 0 Å². The van der Waals surface area contributed by atoms with Gasteiger partial charge in [-0.1, -0.05) is 19.1 Å². The van der Waals surface area contributed by atoms with Crippen molar-refractivity contribution in [1.29, 1.82) is 0 Å². The van der Waals surface area contributed by atoms with Gasteiger partial charge in [-0.3, -0.25) is 19.8 Å². The molecule has 5 heteroatoms. The first-order chi connectivity index (χ1) is 10.6. The molecule has 0 saturated heterocycles. The highest BCUT2D eigenvalue weighted by Gasteiger charge is 2.35. The Bertz CT molecular complexity index is 811. The van der Waals surface area contributed by atoms with Crippen LogP contribution in [0.2, 0.25) is 0 Å². The molecule has 0 radical (unpaired) electrons. The number of benzene rings is 2. The third-order valence-corrected chi connectivity index (χ3v) is 4.42. The van der Waals surface area contributed by atoms with E-state index in [0.717, 1.165) is 28.6 Å². The van der Waals surface area contributed by atoms with Gasteiger partial charge >= 0.3 is 0 Å². The number of imide groups is 1. The smallest absolute Gasteiger partial charge is 0.273 e. The Morgan fingerprint density at radius 1 is 1.00 bits per heavy atom.